The first-order chi connectivity index (χ1) is 13.2. The summed E-state index contributed by atoms with van der Waals surface area (Å²) in [6.07, 6.45) is 10.7. The van der Waals surface area contributed by atoms with Gasteiger partial charge in [-0.2, -0.15) is 0 Å². The van der Waals surface area contributed by atoms with Crippen LogP contribution in [0.5, 0.6) is 0 Å². The molecule has 1 atom stereocenters. The molecule has 2 aromatic rings. The van der Waals surface area contributed by atoms with Gasteiger partial charge < -0.3 is 15.2 Å². The average molecular weight is 367 g/mol. The van der Waals surface area contributed by atoms with E-state index < -0.39 is 6.04 Å². The van der Waals surface area contributed by atoms with Crippen LogP contribution in [-0.2, 0) is 17.8 Å². The molecule has 0 spiro atoms. The van der Waals surface area contributed by atoms with Gasteiger partial charge in [-0.3, -0.25) is 4.79 Å². The average Bonchev–Trinajstić information content (AvgIpc) is 3.13. The lowest BCUT2D eigenvalue weighted by molar-refractivity contribution is -0.133. The standard InChI is InChI=1S/C22H30N4O/c23-20(15-17-5-2-1-3-6-17)22(27)25-12-9-19(10-13-25)21-24-11-14-26(21)16-18-7-4-8-18/h1-3,5-6,11,14,18-20H,4,7-10,12-13,15-16,23H2/t20-/m0/s1. The molecule has 0 bridgehead atoms. The maximum atomic E-state index is 12.7. The van der Waals surface area contributed by atoms with E-state index in [1.807, 2.05) is 41.4 Å². The van der Waals surface area contributed by atoms with Crippen LogP contribution in [0.1, 0.15) is 49.4 Å². The number of carbonyl (C=O) groups excluding carboxylic acids is 1. The van der Waals surface area contributed by atoms with Gasteiger partial charge in [0.05, 0.1) is 6.04 Å². The van der Waals surface area contributed by atoms with Crippen LogP contribution in [0, 0.1) is 5.92 Å². The highest BCUT2D eigenvalue weighted by Crippen LogP contribution is 2.31. The molecule has 1 aliphatic heterocycles. The highest BCUT2D eigenvalue weighted by Gasteiger charge is 2.29. The van der Waals surface area contributed by atoms with Crippen molar-refractivity contribution in [3.05, 3.63) is 54.1 Å². The van der Waals surface area contributed by atoms with Gasteiger partial charge in [0.15, 0.2) is 0 Å². The molecule has 2 aliphatic rings. The van der Waals surface area contributed by atoms with Gasteiger partial charge in [-0.05, 0) is 43.6 Å². The first kappa shape index (κ1) is 18.2. The summed E-state index contributed by atoms with van der Waals surface area (Å²) in [7, 11) is 0. The van der Waals surface area contributed by atoms with E-state index >= 15 is 0 Å². The molecule has 4 rings (SSSR count). The number of rotatable bonds is 6. The fraction of sp³-hybridized carbons (Fsp3) is 0.545. The Balaban J connectivity index is 1.31. The molecule has 2 heterocycles. The molecular formula is C22H30N4O. The molecule has 1 aromatic heterocycles. The Hall–Kier alpha value is -2.14. The van der Waals surface area contributed by atoms with Gasteiger partial charge in [0.25, 0.3) is 0 Å². The number of carbonyl (C=O) groups is 1. The topological polar surface area (TPSA) is 64.2 Å². The maximum Gasteiger partial charge on any atom is 0.239 e. The van der Waals surface area contributed by atoms with Gasteiger partial charge in [-0.1, -0.05) is 36.8 Å². The van der Waals surface area contributed by atoms with Crippen molar-refractivity contribution in [2.45, 2.75) is 57.0 Å². The second-order valence-electron chi connectivity index (χ2n) is 8.13. The van der Waals surface area contributed by atoms with Crippen LogP contribution in [0.25, 0.3) is 0 Å². The van der Waals surface area contributed by atoms with Crippen molar-refractivity contribution >= 4 is 5.91 Å². The second kappa shape index (κ2) is 8.26. The minimum atomic E-state index is -0.454. The largest absolute Gasteiger partial charge is 0.341 e. The third-order valence-electron chi connectivity index (χ3n) is 6.21. The SMILES string of the molecule is N[C@@H](Cc1ccccc1)C(=O)N1CCC(c2nccn2CC2CCC2)CC1. The number of hydrogen-bond acceptors (Lipinski definition) is 3. The molecule has 5 nitrogen and oxygen atoms in total. The van der Waals surface area contributed by atoms with Crippen LogP contribution >= 0.6 is 0 Å². The summed E-state index contributed by atoms with van der Waals surface area (Å²) < 4.78 is 2.35. The van der Waals surface area contributed by atoms with Crippen molar-refractivity contribution in [2.24, 2.45) is 11.7 Å². The molecule has 1 amide bonds. The first-order valence-electron chi connectivity index (χ1n) is 10.3. The fourth-order valence-corrected chi connectivity index (χ4v) is 4.34. The molecule has 1 saturated heterocycles. The van der Waals surface area contributed by atoms with Crippen molar-refractivity contribution < 1.29 is 4.79 Å². The van der Waals surface area contributed by atoms with E-state index in [1.54, 1.807) is 0 Å². The van der Waals surface area contributed by atoms with E-state index in [4.69, 9.17) is 5.73 Å². The second-order valence-corrected chi connectivity index (χ2v) is 8.13. The predicted molar refractivity (Wildman–Crippen MR) is 106 cm³/mol. The van der Waals surface area contributed by atoms with Crippen LogP contribution in [0.4, 0.5) is 0 Å². The molecule has 1 aromatic carbocycles. The number of aromatic nitrogens is 2. The number of nitrogens with zero attached hydrogens (tertiary/aromatic N) is 3. The van der Waals surface area contributed by atoms with E-state index in [2.05, 4.69) is 15.7 Å². The minimum Gasteiger partial charge on any atom is -0.341 e. The van der Waals surface area contributed by atoms with Crippen LogP contribution < -0.4 is 5.73 Å². The molecule has 144 valence electrons. The number of imidazole rings is 1. The highest BCUT2D eigenvalue weighted by atomic mass is 16.2. The van der Waals surface area contributed by atoms with Crippen LogP contribution in [0.2, 0.25) is 0 Å². The first-order valence-corrected chi connectivity index (χ1v) is 10.3. The Morgan fingerprint density at radius 1 is 1.15 bits per heavy atom. The van der Waals surface area contributed by atoms with E-state index in [0.29, 0.717) is 12.3 Å². The Kier molecular flexibility index (Phi) is 5.58. The molecule has 1 saturated carbocycles. The number of piperidine rings is 1. The van der Waals surface area contributed by atoms with Crippen molar-refractivity contribution in [1.82, 2.24) is 14.5 Å². The third-order valence-corrected chi connectivity index (χ3v) is 6.21. The smallest absolute Gasteiger partial charge is 0.239 e. The molecule has 2 N–H and O–H groups in total. The summed E-state index contributed by atoms with van der Waals surface area (Å²) >= 11 is 0. The van der Waals surface area contributed by atoms with Crippen LogP contribution in [-0.4, -0.2) is 39.5 Å². The monoisotopic (exact) mass is 366 g/mol. The zero-order valence-corrected chi connectivity index (χ0v) is 16.0. The zero-order chi connectivity index (χ0) is 18.6. The Morgan fingerprint density at radius 3 is 2.56 bits per heavy atom. The van der Waals surface area contributed by atoms with Gasteiger partial charge in [0.2, 0.25) is 5.91 Å². The summed E-state index contributed by atoms with van der Waals surface area (Å²) in [6.45, 7) is 2.67. The quantitative estimate of drug-likeness (QED) is 0.855. The van der Waals surface area contributed by atoms with Crippen molar-refractivity contribution in [1.29, 1.82) is 0 Å². The van der Waals surface area contributed by atoms with Gasteiger partial charge in [0.1, 0.15) is 5.82 Å². The van der Waals surface area contributed by atoms with E-state index in [0.717, 1.165) is 44.0 Å². The van der Waals surface area contributed by atoms with E-state index in [9.17, 15) is 4.79 Å². The molecular weight excluding hydrogens is 336 g/mol. The molecule has 0 radical (unpaired) electrons. The lowest BCUT2D eigenvalue weighted by Gasteiger charge is -2.34. The maximum absolute atomic E-state index is 12.7. The number of hydrogen-bond donors (Lipinski definition) is 1. The lowest BCUT2D eigenvalue weighted by atomic mass is 9.85. The van der Waals surface area contributed by atoms with Gasteiger partial charge in [-0.15, -0.1) is 0 Å². The Labute approximate surface area is 161 Å². The molecule has 27 heavy (non-hydrogen) atoms. The van der Waals surface area contributed by atoms with Crippen molar-refractivity contribution in [3.8, 4) is 0 Å². The Morgan fingerprint density at radius 2 is 1.89 bits per heavy atom. The van der Waals surface area contributed by atoms with Crippen LogP contribution in [0.3, 0.4) is 0 Å². The molecule has 1 aliphatic carbocycles. The Bertz CT molecular complexity index is 745. The van der Waals surface area contributed by atoms with E-state index in [1.165, 1.54) is 25.1 Å². The summed E-state index contributed by atoms with van der Waals surface area (Å²) in [5.41, 5.74) is 7.32. The predicted octanol–water partition coefficient (Wildman–Crippen LogP) is 2.96. The fourth-order valence-electron chi connectivity index (χ4n) is 4.34. The van der Waals surface area contributed by atoms with Crippen molar-refractivity contribution in [2.75, 3.05) is 13.1 Å². The number of amides is 1. The summed E-state index contributed by atoms with van der Waals surface area (Å²) in [4.78, 5) is 19.3. The highest BCUT2D eigenvalue weighted by molar-refractivity contribution is 5.82. The molecule has 5 heteroatoms. The molecule has 2 fully saturated rings. The third kappa shape index (κ3) is 4.24. The normalized spacial score (nSPS) is 19.7. The van der Waals surface area contributed by atoms with Crippen molar-refractivity contribution in [3.63, 3.8) is 0 Å². The van der Waals surface area contributed by atoms with Gasteiger partial charge in [-0.25, -0.2) is 4.98 Å². The number of benzene rings is 1. The summed E-state index contributed by atoms with van der Waals surface area (Å²) in [5, 5.41) is 0. The number of nitrogens with two attached hydrogens (primary N) is 1. The van der Waals surface area contributed by atoms with Crippen LogP contribution in [0.15, 0.2) is 42.7 Å². The number of likely N-dealkylation sites (tertiary alicyclic amines) is 1. The minimum absolute atomic E-state index is 0.0788. The molecule has 0 unspecified atom stereocenters. The summed E-state index contributed by atoms with van der Waals surface area (Å²) in [6, 6.07) is 9.57. The van der Waals surface area contributed by atoms with Gasteiger partial charge >= 0.3 is 0 Å². The summed E-state index contributed by atoms with van der Waals surface area (Å²) in [5.74, 6) is 2.57. The van der Waals surface area contributed by atoms with Gasteiger partial charge in [0, 0.05) is 37.9 Å². The van der Waals surface area contributed by atoms with E-state index in [-0.39, 0.29) is 5.91 Å². The lowest BCUT2D eigenvalue weighted by Crippen LogP contribution is -2.48. The zero-order valence-electron chi connectivity index (χ0n) is 16.0.